The molecular weight excluding hydrogens is 252 g/mol. The van der Waals surface area contributed by atoms with Crippen LogP contribution in [0.1, 0.15) is 25.8 Å². The van der Waals surface area contributed by atoms with Crippen LogP contribution in [-0.2, 0) is 11.3 Å². The molecule has 0 bridgehead atoms. The summed E-state index contributed by atoms with van der Waals surface area (Å²) in [6.07, 6.45) is 0.299. The first kappa shape index (κ1) is 14.8. The number of nitrogens with two attached hydrogens (primary N) is 1. The van der Waals surface area contributed by atoms with E-state index in [2.05, 4.69) is 5.32 Å². The molecule has 0 atom stereocenters. The summed E-state index contributed by atoms with van der Waals surface area (Å²) in [5.41, 5.74) is 6.44. The molecule has 0 heterocycles. The largest absolute Gasteiger partial charge is 0.491 e. The molecule has 0 aliphatic carbocycles. The Bertz CT molecular complexity index is 408. The topological polar surface area (TPSA) is 64.3 Å². The number of rotatable bonds is 6. The van der Waals surface area contributed by atoms with Gasteiger partial charge in [-0.05, 0) is 19.9 Å². The minimum absolute atomic E-state index is 0.0358. The van der Waals surface area contributed by atoms with E-state index in [-0.39, 0.29) is 18.6 Å². The lowest BCUT2D eigenvalue weighted by Crippen LogP contribution is -2.31. The lowest BCUT2D eigenvalue weighted by molar-refractivity contribution is -0.122. The highest BCUT2D eigenvalue weighted by atomic mass is 35.5. The number of nitrogens with one attached hydrogen (secondary N) is 1. The van der Waals surface area contributed by atoms with Gasteiger partial charge in [0.25, 0.3) is 0 Å². The monoisotopic (exact) mass is 270 g/mol. The van der Waals surface area contributed by atoms with Gasteiger partial charge in [0.05, 0.1) is 18.1 Å². The smallest absolute Gasteiger partial charge is 0.223 e. The van der Waals surface area contributed by atoms with Gasteiger partial charge in [-0.1, -0.05) is 23.7 Å². The maximum absolute atomic E-state index is 11.4. The summed E-state index contributed by atoms with van der Waals surface area (Å²) >= 11 is 6.03. The van der Waals surface area contributed by atoms with E-state index in [1.165, 1.54) is 0 Å². The van der Waals surface area contributed by atoms with Crippen LogP contribution < -0.4 is 15.8 Å². The van der Waals surface area contributed by atoms with E-state index in [0.29, 0.717) is 23.7 Å². The summed E-state index contributed by atoms with van der Waals surface area (Å²) < 4.78 is 5.54. The van der Waals surface area contributed by atoms with E-state index >= 15 is 0 Å². The van der Waals surface area contributed by atoms with Crippen molar-refractivity contribution >= 4 is 17.5 Å². The number of hydrogen-bond acceptors (Lipinski definition) is 3. The van der Waals surface area contributed by atoms with Crippen LogP contribution in [0.4, 0.5) is 0 Å². The summed E-state index contributed by atoms with van der Waals surface area (Å²) in [7, 11) is 0. The van der Waals surface area contributed by atoms with Crippen LogP contribution in [0.3, 0.4) is 0 Å². The van der Waals surface area contributed by atoms with Crippen molar-refractivity contribution in [3.05, 3.63) is 28.8 Å². The lowest BCUT2D eigenvalue weighted by atomic mass is 10.2. The highest BCUT2D eigenvalue weighted by Gasteiger charge is 2.08. The second-order valence-corrected chi connectivity index (χ2v) is 4.66. The molecule has 0 aromatic heterocycles. The van der Waals surface area contributed by atoms with Crippen molar-refractivity contribution < 1.29 is 9.53 Å². The molecule has 0 saturated heterocycles. The molecule has 0 spiro atoms. The fourth-order valence-electron chi connectivity index (χ4n) is 1.52. The molecule has 3 N–H and O–H groups in total. The highest BCUT2D eigenvalue weighted by molar-refractivity contribution is 6.32. The van der Waals surface area contributed by atoms with Crippen molar-refractivity contribution in [1.82, 2.24) is 5.32 Å². The fraction of sp³-hybridized carbons (Fsp3) is 0.462. The Morgan fingerprint density at radius 2 is 2.22 bits per heavy atom. The SMILES string of the molecule is CC(C)NC(=O)CCOc1c(Cl)cccc1CN. The summed E-state index contributed by atoms with van der Waals surface area (Å²) in [5, 5.41) is 3.31. The molecular formula is C13H19ClN2O2. The maximum Gasteiger partial charge on any atom is 0.223 e. The van der Waals surface area contributed by atoms with E-state index in [1.54, 1.807) is 6.07 Å². The number of amides is 1. The number of para-hydroxylation sites is 1. The summed E-state index contributed by atoms with van der Waals surface area (Å²) in [5.74, 6) is 0.533. The Labute approximate surface area is 112 Å². The molecule has 0 fully saturated rings. The standard InChI is InChI=1S/C13H19ClN2O2/c1-9(2)16-12(17)6-7-18-13-10(8-15)4-3-5-11(13)14/h3-5,9H,6-8,15H2,1-2H3,(H,16,17). The van der Waals surface area contributed by atoms with Crippen molar-refractivity contribution in [3.8, 4) is 5.75 Å². The molecule has 0 aliphatic heterocycles. The highest BCUT2D eigenvalue weighted by Crippen LogP contribution is 2.28. The Morgan fingerprint density at radius 1 is 1.50 bits per heavy atom. The predicted molar refractivity (Wildman–Crippen MR) is 72.7 cm³/mol. The number of hydrogen-bond donors (Lipinski definition) is 2. The average Bonchev–Trinajstić information content (AvgIpc) is 2.30. The molecule has 1 aromatic rings. The summed E-state index contributed by atoms with van der Waals surface area (Å²) in [4.78, 5) is 11.4. The third-order valence-corrected chi connectivity index (χ3v) is 2.59. The average molecular weight is 271 g/mol. The van der Waals surface area contributed by atoms with Gasteiger partial charge in [-0.2, -0.15) is 0 Å². The Morgan fingerprint density at radius 3 is 2.83 bits per heavy atom. The normalized spacial score (nSPS) is 10.5. The van der Waals surface area contributed by atoms with Gasteiger partial charge in [0.15, 0.2) is 0 Å². The van der Waals surface area contributed by atoms with Crippen molar-refractivity contribution in [3.63, 3.8) is 0 Å². The molecule has 1 rings (SSSR count). The van der Waals surface area contributed by atoms with Gasteiger partial charge in [0.1, 0.15) is 5.75 Å². The van der Waals surface area contributed by atoms with E-state index in [0.717, 1.165) is 5.56 Å². The van der Waals surface area contributed by atoms with Crippen LogP contribution in [0.25, 0.3) is 0 Å². The van der Waals surface area contributed by atoms with Crippen molar-refractivity contribution in [2.45, 2.75) is 32.9 Å². The number of benzene rings is 1. The number of halogens is 1. The van der Waals surface area contributed by atoms with Crippen molar-refractivity contribution in [2.75, 3.05) is 6.61 Å². The molecule has 1 amide bonds. The minimum atomic E-state index is -0.0358. The second-order valence-electron chi connectivity index (χ2n) is 4.25. The van der Waals surface area contributed by atoms with Crippen LogP contribution >= 0.6 is 11.6 Å². The zero-order chi connectivity index (χ0) is 13.5. The van der Waals surface area contributed by atoms with Crippen LogP contribution in [0.15, 0.2) is 18.2 Å². The van der Waals surface area contributed by atoms with Gasteiger partial charge < -0.3 is 15.8 Å². The summed E-state index contributed by atoms with van der Waals surface area (Å²) in [6.45, 7) is 4.47. The molecule has 0 saturated carbocycles. The van der Waals surface area contributed by atoms with Gasteiger partial charge in [-0.15, -0.1) is 0 Å². The van der Waals surface area contributed by atoms with Gasteiger partial charge >= 0.3 is 0 Å². The van der Waals surface area contributed by atoms with E-state index in [9.17, 15) is 4.79 Å². The zero-order valence-corrected chi connectivity index (χ0v) is 11.5. The fourth-order valence-corrected chi connectivity index (χ4v) is 1.76. The number of ether oxygens (including phenoxy) is 1. The van der Waals surface area contributed by atoms with Crippen molar-refractivity contribution in [1.29, 1.82) is 0 Å². The molecule has 1 aromatic carbocycles. The lowest BCUT2D eigenvalue weighted by Gasteiger charge is -2.12. The van der Waals surface area contributed by atoms with Gasteiger partial charge in [0.2, 0.25) is 5.91 Å². The third kappa shape index (κ3) is 4.55. The maximum atomic E-state index is 11.4. The summed E-state index contributed by atoms with van der Waals surface area (Å²) in [6, 6.07) is 5.56. The predicted octanol–water partition coefficient (Wildman–Crippen LogP) is 2.09. The first-order chi connectivity index (χ1) is 8.54. The quantitative estimate of drug-likeness (QED) is 0.832. The number of carbonyl (C=O) groups excluding carboxylic acids is 1. The van der Waals surface area contributed by atoms with Crippen LogP contribution in [-0.4, -0.2) is 18.6 Å². The van der Waals surface area contributed by atoms with E-state index < -0.39 is 0 Å². The number of carbonyl (C=O) groups is 1. The molecule has 0 unspecified atom stereocenters. The Kier molecular flexibility index (Phi) is 5.95. The van der Waals surface area contributed by atoms with Crippen molar-refractivity contribution in [2.24, 2.45) is 5.73 Å². The molecule has 0 aliphatic rings. The van der Waals surface area contributed by atoms with E-state index in [1.807, 2.05) is 26.0 Å². The Balaban J connectivity index is 2.51. The molecule has 5 heteroatoms. The van der Waals surface area contributed by atoms with Gasteiger partial charge in [-0.3, -0.25) is 4.79 Å². The van der Waals surface area contributed by atoms with Gasteiger partial charge in [-0.25, -0.2) is 0 Å². The zero-order valence-electron chi connectivity index (χ0n) is 10.7. The Hall–Kier alpha value is -1.26. The third-order valence-electron chi connectivity index (χ3n) is 2.29. The first-order valence-corrected chi connectivity index (χ1v) is 6.32. The van der Waals surface area contributed by atoms with Crippen LogP contribution in [0.5, 0.6) is 5.75 Å². The second kappa shape index (κ2) is 7.24. The van der Waals surface area contributed by atoms with Gasteiger partial charge in [0, 0.05) is 18.2 Å². The minimum Gasteiger partial charge on any atom is -0.491 e. The first-order valence-electron chi connectivity index (χ1n) is 5.94. The molecule has 0 radical (unpaired) electrons. The van der Waals surface area contributed by atoms with Crippen LogP contribution in [0.2, 0.25) is 5.02 Å². The van der Waals surface area contributed by atoms with Crippen LogP contribution in [0, 0.1) is 0 Å². The molecule has 100 valence electrons. The molecule has 4 nitrogen and oxygen atoms in total. The molecule has 18 heavy (non-hydrogen) atoms. The van der Waals surface area contributed by atoms with E-state index in [4.69, 9.17) is 22.1 Å².